The van der Waals surface area contributed by atoms with Gasteiger partial charge in [0.05, 0.1) is 6.04 Å². The first-order chi connectivity index (χ1) is 8.81. The Morgan fingerprint density at radius 2 is 2.06 bits per heavy atom. The lowest BCUT2D eigenvalue weighted by Gasteiger charge is -2.06. The first-order valence-electron chi connectivity index (χ1n) is 6.01. The van der Waals surface area contributed by atoms with Crippen LogP contribution in [0.1, 0.15) is 35.0 Å². The maximum absolute atomic E-state index is 6.15. The number of hydrogen-bond donors (Lipinski definition) is 1. The molecule has 0 saturated carbocycles. The molecular formula is C13H17N3OS. The molecule has 1 aromatic heterocycles. The number of rotatable bonds is 6. The van der Waals surface area contributed by atoms with E-state index in [9.17, 15) is 0 Å². The Balaban J connectivity index is 2.01. The van der Waals surface area contributed by atoms with Crippen LogP contribution in [0.3, 0.4) is 0 Å². The van der Waals surface area contributed by atoms with Crippen molar-refractivity contribution in [3.8, 4) is 0 Å². The molecule has 0 aliphatic carbocycles. The van der Waals surface area contributed by atoms with Gasteiger partial charge in [0.1, 0.15) is 16.6 Å². The Morgan fingerprint density at radius 3 is 2.78 bits per heavy atom. The van der Waals surface area contributed by atoms with E-state index in [0.717, 1.165) is 28.6 Å². The van der Waals surface area contributed by atoms with Crippen LogP contribution in [-0.4, -0.2) is 16.8 Å². The summed E-state index contributed by atoms with van der Waals surface area (Å²) < 4.78 is 5.43. The van der Waals surface area contributed by atoms with Crippen molar-refractivity contribution in [3.05, 3.63) is 45.9 Å². The standard InChI is InChI=1S/C13H17N3OS/c1-2-8-17-9-11-15-16-13(18-11)12(14)10-6-4-3-5-7-10/h3-7,12H,2,8-9,14H2,1H3. The van der Waals surface area contributed by atoms with Crippen LogP contribution in [0.25, 0.3) is 0 Å². The molecule has 96 valence electrons. The summed E-state index contributed by atoms with van der Waals surface area (Å²) in [6.45, 7) is 3.35. The van der Waals surface area contributed by atoms with Gasteiger partial charge in [0.25, 0.3) is 0 Å². The average molecular weight is 263 g/mol. The van der Waals surface area contributed by atoms with E-state index in [0.29, 0.717) is 6.61 Å². The van der Waals surface area contributed by atoms with Crippen LogP contribution in [0.5, 0.6) is 0 Å². The van der Waals surface area contributed by atoms with Crippen LogP contribution in [0, 0.1) is 0 Å². The molecular weight excluding hydrogens is 246 g/mol. The molecule has 0 amide bonds. The summed E-state index contributed by atoms with van der Waals surface area (Å²) in [4.78, 5) is 0. The maximum Gasteiger partial charge on any atom is 0.143 e. The van der Waals surface area contributed by atoms with Crippen LogP contribution in [0.15, 0.2) is 30.3 Å². The summed E-state index contributed by atoms with van der Waals surface area (Å²) in [5.74, 6) is 0. The third-order valence-corrected chi connectivity index (χ3v) is 3.46. The zero-order valence-corrected chi connectivity index (χ0v) is 11.2. The van der Waals surface area contributed by atoms with Gasteiger partial charge in [-0.2, -0.15) is 0 Å². The van der Waals surface area contributed by atoms with Gasteiger partial charge in [-0.15, -0.1) is 10.2 Å². The van der Waals surface area contributed by atoms with Crippen molar-refractivity contribution in [3.63, 3.8) is 0 Å². The molecule has 0 bridgehead atoms. The molecule has 2 rings (SSSR count). The van der Waals surface area contributed by atoms with Gasteiger partial charge in [0.15, 0.2) is 0 Å². The van der Waals surface area contributed by atoms with Gasteiger partial charge in [-0.25, -0.2) is 0 Å². The van der Waals surface area contributed by atoms with Gasteiger partial charge in [0, 0.05) is 6.61 Å². The topological polar surface area (TPSA) is 61.0 Å². The fourth-order valence-corrected chi connectivity index (χ4v) is 2.37. The van der Waals surface area contributed by atoms with Gasteiger partial charge in [-0.05, 0) is 12.0 Å². The molecule has 0 aliphatic heterocycles. The third kappa shape index (κ3) is 3.35. The van der Waals surface area contributed by atoms with E-state index in [2.05, 4.69) is 17.1 Å². The normalized spacial score (nSPS) is 12.6. The highest BCUT2D eigenvalue weighted by Crippen LogP contribution is 2.22. The van der Waals surface area contributed by atoms with Crippen LogP contribution in [-0.2, 0) is 11.3 Å². The van der Waals surface area contributed by atoms with E-state index < -0.39 is 0 Å². The van der Waals surface area contributed by atoms with Gasteiger partial charge in [-0.3, -0.25) is 0 Å². The van der Waals surface area contributed by atoms with Crippen LogP contribution < -0.4 is 5.73 Å². The lowest BCUT2D eigenvalue weighted by Crippen LogP contribution is -2.11. The fraction of sp³-hybridized carbons (Fsp3) is 0.385. The number of nitrogens with two attached hydrogens (primary N) is 1. The third-order valence-electron chi connectivity index (χ3n) is 2.48. The molecule has 0 fully saturated rings. The average Bonchev–Trinajstić information content (AvgIpc) is 2.88. The Labute approximate surface area is 111 Å². The smallest absolute Gasteiger partial charge is 0.143 e. The van der Waals surface area contributed by atoms with Crippen LogP contribution in [0.4, 0.5) is 0 Å². The second-order valence-corrected chi connectivity index (χ2v) is 5.07. The molecule has 1 heterocycles. The van der Waals surface area contributed by atoms with Gasteiger partial charge in [0.2, 0.25) is 0 Å². The van der Waals surface area contributed by atoms with E-state index in [1.54, 1.807) is 0 Å². The van der Waals surface area contributed by atoms with Crippen molar-refractivity contribution < 1.29 is 4.74 Å². The molecule has 4 nitrogen and oxygen atoms in total. The van der Waals surface area contributed by atoms with Gasteiger partial charge >= 0.3 is 0 Å². The summed E-state index contributed by atoms with van der Waals surface area (Å²) in [6, 6.07) is 9.71. The number of benzene rings is 1. The second kappa shape index (κ2) is 6.58. The molecule has 0 saturated heterocycles. The molecule has 0 spiro atoms. The molecule has 1 aromatic carbocycles. The highest BCUT2D eigenvalue weighted by Gasteiger charge is 2.14. The maximum atomic E-state index is 6.15. The molecule has 2 aromatic rings. The van der Waals surface area contributed by atoms with Crippen molar-refractivity contribution in [2.24, 2.45) is 5.73 Å². The van der Waals surface area contributed by atoms with Crippen LogP contribution >= 0.6 is 11.3 Å². The molecule has 1 atom stereocenters. The summed E-state index contributed by atoms with van der Waals surface area (Å²) >= 11 is 1.51. The molecule has 0 aliphatic rings. The van der Waals surface area contributed by atoms with Crippen LogP contribution in [0.2, 0.25) is 0 Å². The zero-order valence-electron chi connectivity index (χ0n) is 10.4. The number of ether oxygens (including phenoxy) is 1. The van der Waals surface area contributed by atoms with Crippen molar-refractivity contribution in [1.82, 2.24) is 10.2 Å². The lowest BCUT2D eigenvalue weighted by atomic mass is 10.1. The minimum absolute atomic E-state index is 0.205. The Hall–Kier alpha value is -1.30. The number of nitrogens with zero attached hydrogens (tertiary/aromatic N) is 2. The molecule has 2 N–H and O–H groups in total. The summed E-state index contributed by atoms with van der Waals surface area (Å²) in [5.41, 5.74) is 7.20. The predicted octanol–water partition coefficient (Wildman–Crippen LogP) is 2.51. The Kier molecular flexibility index (Phi) is 4.81. The predicted molar refractivity (Wildman–Crippen MR) is 72.3 cm³/mol. The SMILES string of the molecule is CCCOCc1nnc(C(N)c2ccccc2)s1. The van der Waals surface area contributed by atoms with E-state index in [4.69, 9.17) is 10.5 Å². The molecule has 0 radical (unpaired) electrons. The highest BCUT2D eigenvalue weighted by molar-refractivity contribution is 7.11. The minimum atomic E-state index is -0.205. The number of aromatic nitrogens is 2. The van der Waals surface area contributed by atoms with Gasteiger partial charge in [-0.1, -0.05) is 48.6 Å². The lowest BCUT2D eigenvalue weighted by molar-refractivity contribution is 0.121. The first kappa shape index (κ1) is 13.1. The van der Waals surface area contributed by atoms with E-state index in [-0.39, 0.29) is 6.04 Å². The quantitative estimate of drug-likeness (QED) is 0.813. The van der Waals surface area contributed by atoms with Crippen molar-refractivity contribution in [2.45, 2.75) is 26.0 Å². The van der Waals surface area contributed by atoms with Gasteiger partial charge < -0.3 is 10.5 Å². The molecule has 18 heavy (non-hydrogen) atoms. The summed E-state index contributed by atoms with van der Waals surface area (Å²) in [5, 5.41) is 9.94. The Morgan fingerprint density at radius 1 is 1.28 bits per heavy atom. The Bertz CT molecular complexity index is 472. The fourth-order valence-electron chi connectivity index (χ4n) is 1.56. The largest absolute Gasteiger partial charge is 0.374 e. The monoisotopic (exact) mass is 263 g/mol. The minimum Gasteiger partial charge on any atom is -0.374 e. The zero-order chi connectivity index (χ0) is 12.8. The first-order valence-corrected chi connectivity index (χ1v) is 6.83. The second-order valence-electron chi connectivity index (χ2n) is 3.97. The van der Waals surface area contributed by atoms with Crippen molar-refractivity contribution in [2.75, 3.05) is 6.61 Å². The van der Waals surface area contributed by atoms with E-state index >= 15 is 0 Å². The summed E-state index contributed by atoms with van der Waals surface area (Å²) in [6.07, 6.45) is 1.01. The van der Waals surface area contributed by atoms with E-state index in [1.165, 1.54) is 11.3 Å². The molecule has 1 unspecified atom stereocenters. The molecule has 5 heteroatoms. The summed E-state index contributed by atoms with van der Waals surface area (Å²) in [7, 11) is 0. The van der Waals surface area contributed by atoms with Crippen molar-refractivity contribution >= 4 is 11.3 Å². The highest BCUT2D eigenvalue weighted by atomic mass is 32.1. The number of hydrogen-bond acceptors (Lipinski definition) is 5. The van der Waals surface area contributed by atoms with E-state index in [1.807, 2.05) is 30.3 Å². The van der Waals surface area contributed by atoms with Crippen molar-refractivity contribution in [1.29, 1.82) is 0 Å².